The molecule has 0 saturated heterocycles. The molecule has 0 aliphatic heterocycles. The molecule has 6 nitrogen and oxygen atoms in total. The van der Waals surface area contributed by atoms with E-state index in [9.17, 15) is 4.79 Å². The third-order valence-electron chi connectivity index (χ3n) is 4.47. The molecule has 0 bridgehead atoms. The van der Waals surface area contributed by atoms with Crippen LogP contribution in [0.5, 0.6) is 0 Å². The summed E-state index contributed by atoms with van der Waals surface area (Å²) in [7, 11) is 3.58. The van der Waals surface area contributed by atoms with Crippen molar-refractivity contribution in [3.8, 4) is 0 Å². The molecule has 1 aromatic carbocycles. The highest BCUT2D eigenvalue weighted by Gasteiger charge is 2.21. The standard InChI is InChI=1S/C21H30N4O2S/c1-21(2,3)14-24(4)19(26)18-13-25-17-11-15(12-22-9-6-10-27-5)7-8-16(17)23-20(25)28-18/h7-8,11,13,22H,6,9-10,12,14H2,1-5H3. The first-order valence-electron chi connectivity index (χ1n) is 9.64. The highest BCUT2D eigenvalue weighted by molar-refractivity contribution is 7.18. The Morgan fingerprint density at radius 1 is 1.36 bits per heavy atom. The quantitative estimate of drug-likeness (QED) is 0.583. The van der Waals surface area contributed by atoms with E-state index in [0.29, 0.717) is 6.54 Å². The largest absolute Gasteiger partial charge is 0.385 e. The first kappa shape index (κ1) is 20.8. The van der Waals surface area contributed by atoms with Crippen LogP contribution in [-0.4, -0.2) is 54.0 Å². The van der Waals surface area contributed by atoms with Crippen LogP contribution >= 0.6 is 11.3 Å². The Balaban J connectivity index is 1.78. The zero-order valence-corrected chi connectivity index (χ0v) is 18.2. The number of nitrogens with zero attached hydrogens (tertiary/aromatic N) is 3. The molecule has 0 aliphatic carbocycles. The van der Waals surface area contributed by atoms with Gasteiger partial charge in [-0.25, -0.2) is 4.98 Å². The van der Waals surface area contributed by atoms with Crippen LogP contribution in [0.3, 0.4) is 0 Å². The van der Waals surface area contributed by atoms with Crippen molar-refractivity contribution >= 4 is 33.2 Å². The van der Waals surface area contributed by atoms with Crippen LogP contribution in [0.2, 0.25) is 0 Å². The molecule has 0 atom stereocenters. The zero-order valence-electron chi connectivity index (χ0n) is 17.4. The second-order valence-corrected chi connectivity index (χ2v) is 9.44. The molecule has 152 valence electrons. The molecule has 0 fully saturated rings. The van der Waals surface area contributed by atoms with Crippen molar-refractivity contribution in [1.82, 2.24) is 19.6 Å². The maximum atomic E-state index is 12.8. The van der Waals surface area contributed by atoms with Gasteiger partial charge in [-0.15, -0.1) is 0 Å². The average molecular weight is 403 g/mol. The maximum Gasteiger partial charge on any atom is 0.265 e. The van der Waals surface area contributed by atoms with Gasteiger partial charge in [-0.1, -0.05) is 38.2 Å². The second kappa shape index (κ2) is 8.59. The van der Waals surface area contributed by atoms with Crippen LogP contribution < -0.4 is 5.32 Å². The van der Waals surface area contributed by atoms with Crippen LogP contribution in [0.1, 0.15) is 42.4 Å². The second-order valence-electron chi connectivity index (χ2n) is 8.43. The molecule has 2 aromatic heterocycles. The summed E-state index contributed by atoms with van der Waals surface area (Å²) >= 11 is 1.45. The highest BCUT2D eigenvalue weighted by Crippen LogP contribution is 2.26. The summed E-state index contributed by atoms with van der Waals surface area (Å²) < 4.78 is 7.11. The number of hydrogen-bond acceptors (Lipinski definition) is 5. The van der Waals surface area contributed by atoms with Gasteiger partial charge in [0.15, 0.2) is 4.96 Å². The third kappa shape index (κ3) is 4.90. The maximum absolute atomic E-state index is 12.8. The van der Waals surface area contributed by atoms with Gasteiger partial charge >= 0.3 is 0 Å². The summed E-state index contributed by atoms with van der Waals surface area (Å²) in [6.45, 7) is 9.61. The molecule has 1 N–H and O–H groups in total. The third-order valence-corrected chi connectivity index (χ3v) is 5.44. The van der Waals surface area contributed by atoms with E-state index in [1.54, 1.807) is 12.0 Å². The number of nitrogens with one attached hydrogen (secondary N) is 1. The number of carbonyl (C=O) groups is 1. The fourth-order valence-electron chi connectivity index (χ4n) is 3.31. The van der Waals surface area contributed by atoms with Gasteiger partial charge in [0.05, 0.1) is 11.0 Å². The summed E-state index contributed by atoms with van der Waals surface area (Å²) in [5.41, 5.74) is 3.27. The molecule has 1 amide bonds. The lowest BCUT2D eigenvalue weighted by atomic mass is 9.96. The Labute approximate surface area is 170 Å². The molecule has 0 aliphatic rings. The summed E-state index contributed by atoms with van der Waals surface area (Å²) in [6.07, 6.45) is 2.92. The number of methoxy groups -OCH3 is 1. The Morgan fingerprint density at radius 2 is 2.14 bits per heavy atom. The monoisotopic (exact) mass is 402 g/mol. The van der Waals surface area contributed by atoms with E-state index in [1.165, 1.54) is 16.9 Å². The van der Waals surface area contributed by atoms with Crippen LogP contribution in [0.15, 0.2) is 24.4 Å². The predicted molar refractivity (Wildman–Crippen MR) is 115 cm³/mol. The summed E-state index contributed by atoms with van der Waals surface area (Å²) in [5, 5.41) is 3.43. The van der Waals surface area contributed by atoms with Gasteiger partial charge < -0.3 is 15.0 Å². The fourth-order valence-corrected chi connectivity index (χ4v) is 4.30. The van der Waals surface area contributed by atoms with Crippen LogP contribution in [0, 0.1) is 5.41 Å². The normalized spacial score (nSPS) is 12.2. The molecular formula is C21H30N4O2S. The number of fused-ring (bicyclic) bond motifs is 3. The molecule has 3 aromatic rings. The fraction of sp³-hybridized carbons (Fsp3) is 0.524. The Kier molecular flexibility index (Phi) is 6.37. The summed E-state index contributed by atoms with van der Waals surface area (Å²) in [5.74, 6) is 0.0505. The number of amides is 1. The van der Waals surface area contributed by atoms with Crippen molar-refractivity contribution in [3.63, 3.8) is 0 Å². The number of thiazole rings is 1. The predicted octanol–water partition coefficient (Wildman–Crippen LogP) is 3.79. The number of hydrogen-bond donors (Lipinski definition) is 1. The number of benzene rings is 1. The van der Waals surface area contributed by atoms with Crippen LogP contribution in [0.4, 0.5) is 0 Å². The number of aromatic nitrogens is 2. The first-order valence-corrected chi connectivity index (χ1v) is 10.5. The smallest absolute Gasteiger partial charge is 0.265 e. The summed E-state index contributed by atoms with van der Waals surface area (Å²) in [6, 6.07) is 6.30. The Hall–Kier alpha value is -1.96. The lowest BCUT2D eigenvalue weighted by Gasteiger charge is -2.26. The van der Waals surface area contributed by atoms with Gasteiger partial charge in [-0.2, -0.15) is 0 Å². The van der Waals surface area contributed by atoms with Crippen molar-refractivity contribution < 1.29 is 9.53 Å². The molecule has 2 heterocycles. The van der Waals surface area contributed by atoms with E-state index in [4.69, 9.17) is 4.74 Å². The van der Waals surface area contributed by atoms with Gasteiger partial charge in [0, 0.05) is 40.1 Å². The number of rotatable bonds is 8. The minimum absolute atomic E-state index is 0.0505. The topological polar surface area (TPSA) is 58.9 Å². The molecule has 0 spiro atoms. The first-order chi connectivity index (χ1) is 13.3. The molecule has 0 radical (unpaired) electrons. The van der Waals surface area contributed by atoms with Crippen LogP contribution in [0.25, 0.3) is 16.0 Å². The van der Waals surface area contributed by atoms with E-state index in [2.05, 4.69) is 49.3 Å². The highest BCUT2D eigenvalue weighted by atomic mass is 32.1. The van der Waals surface area contributed by atoms with Crippen molar-refractivity contribution in [2.75, 3.05) is 33.9 Å². The van der Waals surface area contributed by atoms with E-state index in [0.717, 1.165) is 47.0 Å². The molecular weight excluding hydrogens is 372 g/mol. The summed E-state index contributed by atoms with van der Waals surface area (Å²) in [4.78, 5) is 20.9. The number of imidazole rings is 1. The molecule has 7 heteroatoms. The molecule has 3 rings (SSSR count). The zero-order chi connectivity index (χ0) is 20.3. The minimum Gasteiger partial charge on any atom is -0.385 e. The van der Waals surface area contributed by atoms with Gasteiger partial charge in [0.1, 0.15) is 4.88 Å². The van der Waals surface area contributed by atoms with Gasteiger partial charge in [-0.05, 0) is 36.1 Å². The van der Waals surface area contributed by atoms with Crippen molar-refractivity contribution in [1.29, 1.82) is 0 Å². The van der Waals surface area contributed by atoms with Crippen molar-refractivity contribution in [2.24, 2.45) is 5.41 Å². The van der Waals surface area contributed by atoms with Crippen molar-refractivity contribution in [2.45, 2.75) is 33.7 Å². The number of carbonyl (C=O) groups excluding carboxylic acids is 1. The SMILES string of the molecule is COCCCNCc1ccc2nc3sc(C(=O)N(C)CC(C)(C)C)cn3c2c1. The van der Waals surface area contributed by atoms with E-state index >= 15 is 0 Å². The molecule has 0 saturated carbocycles. The van der Waals surface area contributed by atoms with Crippen molar-refractivity contribution in [3.05, 3.63) is 34.8 Å². The Morgan fingerprint density at radius 3 is 2.86 bits per heavy atom. The lowest BCUT2D eigenvalue weighted by Crippen LogP contribution is -2.34. The van der Waals surface area contributed by atoms with E-state index in [1.807, 2.05) is 17.6 Å². The average Bonchev–Trinajstić information content (AvgIpc) is 3.17. The van der Waals surface area contributed by atoms with Gasteiger partial charge in [0.25, 0.3) is 5.91 Å². The van der Waals surface area contributed by atoms with E-state index < -0.39 is 0 Å². The van der Waals surface area contributed by atoms with Gasteiger partial charge in [-0.3, -0.25) is 9.20 Å². The Bertz CT molecular complexity index is 955. The minimum atomic E-state index is 0.0505. The van der Waals surface area contributed by atoms with E-state index in [-0.39, 0.29) is 11.3 Å². The molecule has 28 heavy (non-hydrogen) atoms. The van der Waals surface area contributed by atoms with Gasteiger partial charge in [0.2, 0.25) is 0 Å². The van der Waals surface area contributed by atoms with Crippen LogP contribution in [-0.2, 0) is 11.3 Å². The number of ether oxygens (including phenoxy) is 1. The lowest BCUT2D eigenvalue weighted by molar-refractivity contribution is 0.0750. The molecule has 0 unspecified atom stereocenters.